The molecule has 1 amide bonds. The standard InChI is InChI=1S/C30H40N4O3/c1-19-17-20(2)32-29(35)26(19)18-31-30(36)28-22(4)34(27-8-6-5-7-25(27)28)21(3)23-9-13-33(14-10-23)24-11-15-37-16-12-24/h5-8,17,21,23-24H,9-16,18H2,1-4H3,(H,31,36)(H,32,35)/t21-/m0/s1. The Morgan fingerprint density at radius 3 is 2.51 bits per heavy atom. The average Bonchev–Trinajstić information content (AvgIpc) is 3.19. The summed E-state index contributed by atoms with van der Waals surface area (Å²) < 4.78 is 7.94. The molecule has 3 aromatic rings. The van der Waals surface area contributed by atoms with Crippen molar-refractivity contribution in [2.75, 3.05) is 26.3 Å². The van der Waals surface area contributed by atoms with E-state index >= 15 is 0 Å². The van der Waals surface area contributed by atoms with Crippen LogP contribution in [0.1, 0.15) is 71.5 Å². The van der Waals surface area contributed by atoms with E-state index in [2.05, 4.69) is 45.7 Å². The number of fused-ring (bicyclic) bond motifs is 1. The lowest BCUT2D eigenvalue weighted by atomic mass is 9.88. The largest absolute Gasteiger partial charge is 0.381 e. The van der Waals surface area contributed by atoms with E-state index in [1.807, 2.05) is 32.0 Å². The number of aromatic nitrogens is 2. The van der Waals surface area contributed by atoms with Gasteiger partial charge in [0, 0.05) is 59.7 Å². The molecule has 7 nitrogen and oxygen atoms in total. The fraction of sp³-hybridized carbons (Fsp3) is 0.533. The number of carbonyl (C=O) groups is 1. The lowest BCUT2D eigenvalue weighted by Gasteiger charge is -2.41. The van der Waals surface area contributed by atoms with Crippen LogP contribution in [0, 0.1) is 26.7 Å². The number of carbonyl (C=O) groups excluding carboxylic acids is 1. The van der Waals surface area contributed by atoms with Gasteiger partial charge in [-0.3, -0.25) is 9.59 Å². The molecule has 1 aromatic carbocycles. The first-order chi connectivity index (χ1) is 17.8. The molecule has 2 aliphatic rings. The molecule has 37 heavy (non-hydrogen) atoms. The molecule has 0 radical (unpaired) electrons. The van der Waals surface area contributed by atoms with Gasteiger partial charge in [-0.1, -0.05) is 18.2 Å². The van der Waals surface area contributed by atoms with Gasteiger partial charge in [-0.2, -0.15) is 0 Å². The molecule has 0 spiro atoms. The number of nitrogens with one attached hydrogen (secondary N) is 2. The first-order valence-corrected chi connectivity index (χ1v) is 13.7. The molecule has 2 N–H and O–H groups in total. The molecule has 4 heterocycles. The zero-order valence-electron chi connectivity index (χ0n) is 22.6. The van der Waals surface area contributed by atoms with Gasteiger partial charge in [-0.05, 0) is 90.1 Å². The van der Waals surface area contributed by atoms with Crippen LogP contribution in [-0.2, 0) is 11.3 Å². The van der Waals surface area contributed by atoms with E-state index in [1.165, 1.54) is 12.8 Å². The Morgan fingerprint density at radius 1 is 1.11 bits per heavy atom. The van der Waals surface area contributed by atoms with Crippen molar-refractivity contribution in [1.29, 1.82) is 0 Å². The summed E-state index contributed by atoms with van der Waals surface area (Å²) in [4.78, 5) is 31.5. The van der Waals surface area contributed by atoms with E-state index in [0.717, 1.165) is 67.0 Å². The second kappa shape index (κ2) is 10.8. The van der Waals surface area contributed by atoms with E-state index in [4.69, 9.17) is 4.74 Å². The Labute approximate surface area is 219 Å². The number of hydrogen-bond acceptors (Lipinski definition) is 4. The summed E-state index contributed by atoms with van der Waals surface area (Å²) in [7, 11) is 0. The monoisotopic (exact) mass is 504 g/mol. The van der Waals surface area contributed by atoms with Crippen LogP contribution in [0.2, 0.25) is 0 Å². The highest BCUT2D eigenvalue weighted by Crippen LogP contribution is 2.36. The molecule has 0 saturated carbocycles. The summed E-state index contributed by atoms with van der Waals surface area (Å²) in [5.74, 6) is 0.434. The highest BCUT2D eigenvalue weighted by molar-refractivity contribution is 6.08. The summed E-state index contributed by atoms with van der Waals surface area (Å²) in [6, 6.07) is 11.1. The lowest BCUT2D eigenvalue weighted by molar-refractivity contribution is 0.0177. The highest BCUT2D eigenvalue weighted by atomic mass is 16.5. The second-order valence-electron chi connectivity index (χ2n) is 10.9. The third-order valence-corrected chi connectivity index (χ3v) is 8.67. The van der Waals surface area contributed by atoms with Crippen molar-refractivity contribution >= 4 is 16.8 Å². The maximum atomic E-state index is 13.5. The fourth-order valence-corrected chi connectivity index (χ4v) is 6.59. The lowest BCUT2D eigenvalue weighted by Crippen LogP contribution is -2.45. The van der Waals surface area contributed by atoms with Crippen molar-refractivity contribution < 1.29 is 9.53 Å². The molecule has 0 bridgehead atoms. The van der Waals surface area contributed by atoms with Crippen LogP contribution >= 0.6 is 0 Å². The second-order valence-corrected chi connectivity index (χ2v) is 10.9. The Kier molecular flexibility index (Phi) is 7.54. The van der Waals surface area contributed by atoms with Crippen molar-refractivity contribution in [3.05, 3.63) is 68.8 Å². The number of H-pyrrole nitrogens is 1. The molecular weight excluding hydrogens is 464 g/mol. The Bertz CT molecular complexity index is 1330. The van der Waals surface area contributed by atoms with Gasteiger partial charge in [0.15, 0.2) is 0 Å². The van der Waals surface area contributed by atoms with Crippen LogP contribution in [0.25, 0.3) is 10.9 Å². The molecule has 0 aliphatic carbocycles. The molecular formula is C30H40N4O3. The van der Waals surface area contributed by atoms with Crippen molar-refractivity contribution in [2.45, 2.75) is 72.0 Å². The number of piperidine rings is 1. The van der Waals surface area contributed by atoms with Gasteiger partial charge in [0.05, 0.1) is 5.56 Å². The van der Waals surface area contributed by atoms with Crippen LogP contribution in [-0.4, -0.2) is 52.7 Å². The number of aryl methyl sites for hydroxylation is 2. The number of nitrogens with zero attached hydrogens (tertiary/aromatic N) is 2. The van der Waals surface area contributed by atoms with Gasteiger partial charge in [-0.15, -0.1) is 0 Å². The van der Waals surface area contributed by atoms with Crippen molar-refractivity contribution in [3.63, 3.8) is 0 Å². The Hall–Kier alpha value is -2.90. The Morgan fingerprint density at radius 2 is 1.81 bits per heavy atom. The van der Waals surface area contributed by atoms with Crippen molar-refractivity contribution in [3.8, 4) is 0 Å². The summed E-state index contributed by atoms with van der Waals surface area (Å²) in [6.45, 7) is 12.4. The first-order valence-electron chi connectivity index (χ1n) is 13.7. The zero-order chi connectivity index (χ0) is 26.1. The van der Waals surface area contributed by atoms with Crippen molar-refractivity contribution in [1.82, 2.24) is 19.8 Å². The van der Waals surface area contributed by atoms with Crippen LogP contribution < -0.4 is 10.9 Å². The van der Waals surface area contributed by atoms with Gasteiger partial charge in [0.2, 0.25) is 0 Å². The minimum Gasteiger partial charge on any atom is -0.381 e. The zero-order valence-corrected chi connectivity index (χ0v) is 22.6. The van der Waals surface area contributed by atoms with Gasteiger partial charge in [-0.25, -0.2) is 0 Å². The van der Waals surface area contributed by atoms with E-state index in [-0.39, 0.29) is 18.0 Å². The molecule has 2 fully saturated rings. The topological polar surface area (TPSA) is 79.4 Å². The number of para-hydroxylation sites is 1. The van der Waals surface area contributed by atoms with E-state index < -0.39 is 0 Å². The summed E-state index contributed by atoms with van der Waals surface area (Å²) >= 11 is 0. The summed E-state index contributed by atoms with van der Waals surface area (Å²) in [6.07, 6.45) is 4.63. The fourth-order valence-electron chi connectivity index (χ4n) is 6.59. The molecule has 0 unspecified atom stereocenters. The maximum absolute atomic E-state index is 13.5. The van der Waals surface area contributed by atoms with E-state index in [1.54, 1.807) is 0 Å². The van der Waals surface area contributed by atoms with E-state index in [0.29, 0.717) is 29.1 Å². The molecule has 198 valence electrons. The number of pyridine rings is 1. The third-order valence-electron chi connectivity index (χ3n) is 8.67. The number of amides is 1. The Balaban J connectivity index is 1.36. The SMILES string of the molecule is Cc1cc(C)c(CNC(=O)c2c(C)n([C@@H](C)C3CCN(C4CCOCC4)CC3)c3ccccc23)c(=O)[nH]1. The number of hydrogen-bond donors (Lipinski definition) is 2. The summed E-state index contributed by atoms with van der Waals surface area (Å²) in [5.41, 5.74) is 4.98. The molecule has 2 aromatic heterocycles. The van der Waals surface area contributed by atoms with Crippen LogP contribution in [0.3, 0.4) is 0 Å². The number of benzene rings is 1. The van der Waals surface area contributed by atoms with Gasteiger partial charge < -0.3 is 24.5 Å². The van der Waals surface area contributed by atoms with E-state index in [9.17, 15) is 9.59 Å². The quantitative estimate of drug-likeness (QED) is 0.513. The van der Waals surface area contributed by atoms with Gasteiger partial charge in [0.1, 0.15) is 0 Å². The van der Waals surface area contributed by atoms with Crippen LogP contribution in [0.5, 0.6) is 0 Å². The minimum atomic E-state index is -0.141. The first kappa shape index (κ1) is 25.7. The number of likely N-dealkylation sites (tertiary alicyclic amines) is 1. The molecule has 7 heteroatoms. The summed E-state index contributed by atoms with van der Waals surface area (Å²) in [5, 5.41) is 4.01. The smallest absolute Gasteiger partial charge is 0.254 e. The number of aromatic amines is 1. The molecule has 2 saturated heterocycles. The average molecular weight is 505 g/mol. The van der Waals surface area contributed by atoms with Crippen LogP contribution in [0.4, 0.5) is 0 Å². The normalized spacial score (nSPS) is 18.8. The molecule has 5 rings (SSSR count). The number of rotatable bonds is 6. The molecule has 2 aliphatic heterocycles. The van der Waals surface area contributed by atoms with Crippen LogP contribution in [0.15, 0.2) is 35.1 Å². The minimum absolute atomic E-state index is 0.131. The van der Waals surface area contributed by atoms with Gasteiger partial charge >= 0.3 is 0 Å². The predicted molar refractivity (Wildman–Crippen MR) is 147 cm³/mol. The van der Waals surface area contributed by atoms with Gasteiger partial charge in [0.25, 0.3) is 11.5 Å². The van der Waals surface area contributed by atoms with Crippen molar-refractivity contribution in [2.24, 2.45) is 5.92 Å². The maximum Gasteiger partial charge on any atom is 0.254 e. The predicted octanol–water partition coefficient (Wildman–Crippen LogP) is 4.64. The number of ether oxygens (including phenoxy) is 1. The molecule has 1 atom stereocenters. The third kappa shape index (κ3) is 5.12. The highest BCUT2D eigenvalue weighted by Gasteiger charge is 2.31.